The first-order valence-corrected chi connectivity index (χ1v) is 21.2. The Balaban J connectivity index is 1.20. The van der Waals surface area contributed by atoms with Crippen molar-refractivity contribution in [1.82, 2.24) is 30.5 Å². The highest BCUT2D eigenvalue weighted by Gasteiger charge is 2.16. The zero-order valence-electron chi connectivity index (χ0n) is 37.9. The number of phenols is 2. The van der Waals surface area contributed by atoms with Gasteiger partial charge in [0.1, 0.15) is 34.3 Å². The fourth-order valence-electron chi connectivity index (χ4n) is 6.47. The van der Waals surface area contributed by atoms with Gasteiger partial charge >= 0.3 is 17.9 Å². The van der Waals surface area contributed by atoms with Crippen LogP contribution >= 0.6 is 0 Å². The second-order valence-corrected chi connectivity index (χ2v) is 14.9. The number of methoxy groups -OCH3 is 4. The van der Waals surface area contributed by atoms with Gasteiger partial charge in [0, 0.05) is 79.2 Å². The molecular formula is C53H48N6O9. The third-order valence-electron chi connectivity index (χ3n) is 9.90. The third-order valence-corrected chi connectivity index (χ3v) is 9.90. The van der Waals surface area contributed by atoms with Crippen LogP contribution in [-0.4, -0.2) is 103 Å². The van der Waals surface area contributed by atoms with Crippen molar-refractivity contribution in [2.24, 2.45) is 0 Å². The molecule has 0 fully saturated rings. The molecule has 3 aromatic heterocycles. The summed E-state index contributed by atoms with van der Waals surface area (Å²) >= 11 is 0. The first-order valence-electron chi connectivity index (χ1n) is 21.2. The molecule has 0 amide bonds. The van der Waals surface area contributed by atoms with Crippen molar-refractivity contribution < 1.29 is 43.5 Å². The van der Waals surface area contributed by atoms with Crippen molar-refractivity contribution in [2.45, 2.75) is 19.6 Å². The molecule has 4 N–H and O–H groups in total. The molecule has 0 atom stereocenters. The van der Waals surface area contributed by atoms with Gasteiger partial charge in [-0.3, -0.25) is 4.90 Å². The van der Waals surface area contributed by atoms with Crippen LogP contribution in [-0.2, 0) is 33.8 Å². The van der Waals surface area contributed by atoms with Crippen molar-refractivity contribution in [2.75, 3.05) is 54.6 Å². The number of aromatic nitrogens is 3. The van der Waals surface area contributed by atoms with E-state index in [1.54, 1.807) is 79.9 Å². The van der Waals surface area contributed by atoms with Crippen LogP contribution in [0.2, 0.25) is 0 Å². The maximum Gasteiger partial charge on any atom is 0.356 e. The highest BCUT2D eigenvalue weighted by Crippen LogP contribution is 2.15. The highest BCUT2D eigenvalue weighted by molar-refractivity contribution is 5.88. The molecule has 0 aliphatic carbocycles. The average Bonchev–Trinajstić information content (AvgIpc) is 3.37. The predicted molar refractivity (Wildman–Crippen MR) is 253 cm³/mol. The van der Waals surface area contributed by atoms with Crippen molar-refractivity contribution in [3.8, 4) is 52.8 Å². The molecule has 3 heterocycles. The lowest BCUT2D eigenvalue weighted by Gasteiger charge is -2.23. The molecule has 0 aliphatic heterocycles. The molecular weight excluding hydrogens is 865 g/mol. The summed E-state index contributed by atoms with van der Waals surface area (Å²) in [5, 5.41) is 26.2. The molecule has 344 valence electrons. The molecule has 6 aromatic rings. The summed E-state index contributed by atoms with van der Waals surface area (Å²) in [5.74, 6) is 17.7. The van der Waals surface area contributed by atoms with Gasteiger partial charge < -0.3 is 39.8 Å². The van der Waals surface area contributed by atoms with E-state index < -0.39 is 17.9 Å². The van der Waals surface area contributed by atoms with Crippen LogP contribution in [0.15, 0.2) is 109 Å². The first kappa shape index (κ1) is 48.9. The number of pyridine rings is 3. The second kappa shape index (κ2) is 24.7. The van der Waals surface area contributed by atoms with Gasteiger partial charge in [-0.25, -0.2) is 29.3 Å². The van der Waals surface area contributed by atoms with Gasteiger partial charge in [0.15, 0.2) is 0 Å². The molecule has 3 aromatic carbocycles. The lowest BCUT2D eigenvalue weighted by atomic mass is 10.1. The summed E-state index contributed by atoms with van der Waals surface area (Å²) < 4.78 is 20.2. The van der Waals surface area contributed by atoms with Crippen LogP contribution in [0.1, 0.15) is 81.9 Å². The summed E-state index contributed by atoms with van der Waals surface area (Å²) in [6.07, 6.45) is 0. The number of hydrogen-bond acceptors (Lipinski definition) is 15. The monoisotopic (exact) mass is 912 g/mol. The third kappa shape index (κ3) is 15.0. The summed E-state index contributed by atoms with van der Waals surface area (Å²) in [6.45, 7) is 2.89. The molecule has 0 spiro atoms. The Hall–Kier alpha value is -8.52. The minimum atomic E-state index is -0.613. The van der Waals surface area contributed by atoms with Crippen LogP contribution < -0.4 is 15.4 Å². The number of nitrogens with zero attached hydrogens (tertiary/aromatic N) is 4. The summed E-state index contributed by atoms with van der Waals surface area (Å²) in [5.41, 5.74) is 5.86. The number of nitrogens with one attached hydrogen (secondary N) is 2. The Morgan fingerprint density at radius 1 is 0.485 bits per heavy atom. The maximum atomic E-state index is 12.8. The number of rotatable bonds is 16. The minimum absolute atomic E-state index is 0.0968. The summed E-state index contributed by atoms with van der Waals surface area (Å²) in [4.78, 5) is 53.8. The number of benzene rings is 3. The first-order chi connectivity index (χ1) is 33.0. The Morgan fingerprint density at radius 2 is 0.824 bits per heavy atom. The number of esters is 3. The van der Waals surface area contributed by atoms with E-state index in [4.69, 9.17) is 18.9 Å². The molecule has 0 unspecified atom stereocenters. The van der Waals surface area contributed by atoms with Crippen LogP contribution in [0.4, 0.5) is 0 Å². The Morgan fingerprint density at radius 3 is 1.19 bits per heavy atom. The fourth-order valence-corrected chi connectivity index (χ4v) is 6.47. The minimum Gasteiger partial charge on any atom is -0.508 e. The number of carbonyl (C=O) groups is 3. The van der Waals surface area contributed by atoms with E-state index in [1.807, 2.05) is 36.4 Å². The number of aromatic hydroxyl groups is 2. The van der Waals surface area contributed by atoms with Gasteiger partial charge in [0.25, 0.3) is 0 Å². The van der Waals surface area contributed by atoms with Crippen molar-refractivity contribution in [3.63, 3.8) is 0 Å². The topological polar surface area (TPSA) is 195 Å². The largest absolute Gasteiger partial charge is 0.508 e. The van der Waals surface area contributed by atoms with Crippen LogP contribution in [0.25, 0.3) is 0 Å². The second-order valence-electron chi connectivity index (χ2n) is 14.9. The SMILES string of the molecule is COC(=O)c1cc(C#Cc2ccc(O)cc2)cc(CNCCN(CCNCc2cc(C#Cc3ccc(OC)cc3)cc(C(=O)OC)n2)Cc2cc(C#Cc3ccc(O)cc3)cc(C(=O)OC)n2)n1. The molecule has 0 radical (unpaired) electrons. The van der Waals surface area contributed by atoms with Gasteiger partial charge in [-0.1, -0.05) is 35.5 Å². The zero-order valence-corrected chi connectivity index (χ0v) is 37.9. The number of hydrogen-bond donors (Lipinski definition) is 4. The van der Waals surface area contributed by atoms with Gasteiger partial charge in [-0.05, 0) is 109 Å². The van der Waals surface area contributed by atoms with E-state index in [1.165, 1.54) is 21.3 Å². The van der Waals surface area contributed by atoms with Crippen LogP contribution in [0, 0.1) is 35.5 Å². The number of phenolic OH excluding ortho intramolecular Hbond substituents is 2. The van der Waals surface area contributed by atoms with E-state index in [9.17, 15) is 24.6 Å². The molecule has 0 aliphatic rings. The summed E-state index contributed by atoms with van der Waals surface area (Å²) in [7, 11) is 5.47. The lowest BCUT2D eigenvalue weighted by Crippen LogP contribution is -2.37. The average molecular weight is 913 g/mol. The van der Waals surface area contributed by atoms with E-state index >= 15 is 0 Å². The normalized spacial score (nSPS) is 10.4. The quantitative estimate of drug-likeness (QED) is 0.0427. The Kier molecular flexibility index (Phi) is 17.8. The van der Waals surface area contributed by atoms with Gasteiger partial charge in [0.05, 0.1) is 45.5 Å². The number of carbonyl (C=O) groups excluding carboxylic acids is 3. The lowest BCUT2D eigenvalue weighted by molar-refractivity contribution is 0.0584. The molecule has 15 nitrogen and oxygen atoms in total. The molecule has 6 rings (SSSR count). The Bertz CT molecular complexity index is 2920. The van der Waals surface area contributed by atoms with Crippen LogP contribution in [0.3, 0.4) is 0 Å². The molecule has 0 bridgehead atoms. The van der Waals surface area contributed by atoms with Gasteiger partial charge in [-0.2, -0.15) is 0 Å². The molecule has 68 heavy (non-hydrogen) atoms. The molecule has 15 heteroatoms. The van der Waals surface area contributed by atoms with Crippen molar-refractivity contribution in [3.05, 3.63) is 177 Å². The highest BCUT2D eigenvalue weighted by atomic mass is 16.5. The predicted octanol–water partition coefficient (Wildman–Crippen LogP) is 5.23. The van der Waals surface area contributed by atoms with Crippen molar-refractivity contribution >= 4 is 17.9 Å². The number of ether oxygens (including phenoxy) is 4. The van der Waals surface area contributed by atoms with E-state index in [0.717, 1.165) is 5.56 Å². The van der Waals surface area contributed by atoms with Gasteiger partial charge in [-0.15, -0.1) is 0 Å². The fraction of sp³-hybridized carbons (Fsp3) is 0.208. The standard InChI is InChI=1S/C53H48N6O9/c1-65-47-21-15-38(16-22-47)7-9-40-28-43(57-49(31-40)52(63)67-3)34-55-24-26-59(35-44-29-41(32-50(58-44)53(64)68-4)10-6-37-13-19-46(61)20-14-37)25-23-54-33-42-27-39(30-48(56-42)51(62)66-2)8-5-36-11-17-45(60)18-12-36/h11-22,27-32,54-55,60-61H,23-26,33-35H2,1-4H3. The Labute approximate surface area is 394 Å². The molecule has 0 saturated carbocycles. The van der Waals surface area contributed by atoms with Crippen molar-refractivity contribution in [1.29, 1.82) is 0 Å². The van der Waals surface area contributed by atoms with Gasteiger partial charge in [0.2, 0.25) is 0 Å². The molecule has 0 saturated heterocycles. The maximum absolute atomic E-state index is 12.8. The van der Waals surface area contributed by atoms with Crippen LogP contribution in [0.5, 0.6) is 17.2 Å². The zero-order chi connectivity index (χ0) is 48.3. The van der Waals surface area contributed by atoms with E-state index in [0.29, 0.717) is 96.5 Å². The summed E-state index contributed by atoms with van der Waals surface area (Å²) in [6, 6.07) is 30.4. The van der Waals surface area contributed by atoms with E-state index in [2.05, 4.69) is 66.0 Å². The smallest absolute Gasteiger partial charge is 0.356 e. The van der Waals surface area contributed by atoms with E-state index in [-0.39, 0.29) is 28.6 Å².